The molecule has 8 heteroatoms. The standard InChI is InChI=1S/C13H10BrClF3N3/c14-10-3-1-2-7(11(10)15)12(21-19)8-6-20-5-4-9(8)13(16,17)18/h1-6,12,21H,19H2. The van der Waals surface area contributed by atoms with E-state index in [4.69, 9.17) is 17.4 Å². The SMILES string of the molecule is NNC(c1cnccc1C(F)(F)F)c1cccc(Br)c1Cl. The summed E-state index contributed by atoms with van der Waals surface area (Å²) in [6.07, 6.45) is -2.29. The molecule has 0 fully saturated rings. The summed E-state index contributed by atoms with van der Waals surface area (Å²) in [6, 6.07) is 4.93. The third-order valence-corrected chi connectivity index (χ3v) is 4.24. The molecule has 0 amide bonds. The highest BCUT2D eigenvalue weighted by Gasteiger charge is 2.36. The molecule has 0 spiro atoms. The van der Waals surface area contributed by atoms with Crippen LogP contribution in [0.15, 0.2) is 41.1 Å². The van der Waals surface area contributed by atoms with E-state index in [9.17, 15) is 13.2 Å². The number of nitrogens with two attached hydrogens (primary N) is 1. The van der Waals surface area contributed by atoms with Gasteiger partial charge in [-0.2, -0.15) is 13.2 Å². The number of hydrazine groups is 1. The fourth-order valence-electron chi connectivity index (χ4n) is 1.99. The van der Waals surface area contributed by atoms with E-state index >= 15 is 0 Å². The lowest BCUT2D eigenvalue weighted by Crippen LogP contribution is -2.31. The quantitative estimate of drug-likeness (QED) is 0.623. The van der Waals surface area contributed by atoms with Crippen molar-refractivity contribution in [2.45, 2.75) is 12.2 Å². The Balaban J connectivity index is 2.60. The highest BCUT2D eigenvalue weighted by molar-refractivity contribution is 9.10. The summed E-state index contributed by atoms with van der Waals surface area (Å²) in [5, 5.41) is 0.289. The van der Waals surface area contributed by atoms with Gasteiger partial charge in [-0.1, -0.05) is 23.7 Å². The van der Waals surface area contributed by atoms with Crippen LogP contribution >= 0.6 is 27.5 Å². The Morgan fingerprint density at radius 1 is 1.24 bits per heavy atom. The van der Waals surface area contributed by atoms with Crippen LogP contribution in [0.5, 0.6) is 0 Å². The summed E-state index contributed by atoms with van der Waals surface area (Å²) in [4.78, 5) is 3.75. The average molecular weight is 381 g/mol. The van der Waals surface area contributed by atoms with Gasteiger partial charge >= 0.3 is 6.18 Å². The number of hydrogen-bond acceptors (Lipinski definition) is 3. The number of nitrogens with one attached hydrogen (secondary N) is 1. The van der Waals surface area contributed by atoms with Crippen molar-refractivity contribution in [3.05, 3.63) is 62.8 Å². The topological polar surface area (TPSA) is 50.9 Å². The molecule has 2 rings (SSSR count). The second-order valence-corrected chi connectivity index (χ2v) is 5.44. The van der Waals surface area contributed by atoms with Crippen LogP contribution in [0.25, 0.3) is 0 Å². The smallest absolute Gasteiger partial charge is 0.271 e. The first-order chi connectivity index (χ1) is 9.86. The van der Waals surface area contributed by atoms with Crippen LogP contribution < -0.4 is 11.3 Å². The molecule has 112 valence electrons. The molecule has 0 bridgehead atoms. The lowest BCUT2D eigenvalue weighted by molar-refractivity contribution is -0.138. The summed E-state index contributed by atoms with van der Waals surface area (Å²) in [6.45, 7) is 0. The maximum absolute atomic E-state index is 13.1. The maximum Gasteiger partial charge on any atom is 0.416 e. The van der Waals surface area contributed by atoms with Crippen molar-refractivity contribution >= 4 is 27.5 Å². The Morgan fingerprint density at radius 3 is 2.57 bits per heavy atom. The van der Waals surface area contributed by atoms with Crippen LogP contribution in [-0.2, 0) is 6.18 Å². The zero-order chi connectivity index (χ0) is 15.6. The molecule has 1 heterocycles. The molecule has 0 radical (unpaired) electrons. The van der Waals surface area contributed by atoms with Crippen molar-refractivity contribution in [1.29, 1.82) is 0 Å². The Labute approximate surface area is 132 Å². The summed E-state index contributed by atoms with van der Waals surface area (Å²) >= 11 is 9.37. The van der Waals surface area contributed by atoms with Crippen LogP contribution in [-0.4, -0.2) is 4.98 Å². The molecule has 3 N–H and O–H groups in total. The molecular formula is C13H10BrClF3N3. The maximum atomic E-state index is 13.1. The predicted molar refractivity (Wildman–Crippen MR) is 77.6 cm³/mol. The largest absolute Gasteiger partial charge is 0.416 e. The van der Waals surface area contributed by atoms with E-state index in [1.807, 2.05) is 0 Å². The monoisotopic (exact) mass is 379 g/mol. The number of benzene rings is 1. The molecule has 21 heavy (non-hydrogen) atoms. The minimum absolute atomic E-state index is 0.0903. The van der Waals surface area contributed by atoms with Crippen LogP contribution in [0.2, 0.25) is 5.02 Å². The molecule has 1 atom stereocenters. The molecule has 0 aliphatic carbocycles. The minimum atomic E-state index is -4.51. The average Bonchev–Trinajstić information content (AvgIpc) is 2.44. The Morgan fingerprint density at radius 2 is 1.95 bits per heavy atom. The van der Waals surface area contributed by atoms with Crippen molar-refractivity contribution in [2.75, 3.05) is 0 Å². The van der Waals surface area contributed by atoms with Crippen molar-refractivity contribution in [1.82, 2.24) is 10.4 Å². The van der Waals surface area contributed by atoms with Gasteiger partial charge in [0.15, 0.2) is 0 Å². The molecule has 0 aliphatic rings. The molecule has 1 aromatic heterocycles. The van der Waals surface area contributed by atoms with Crippen molar-refractivity contribution in [3.8, 4) is 0 Å². The number of halogens is 5. The third kappa shape index (κ3) is 3.37. The normalized spacial score (nSPS) is 13.2. The van der Waals surface area contributed by atoms with E-state index < -0.39 is 17.8 Å². The van der Waals surface area contributed by atoms with E-state index in [0.29, 0.717) is 10.0 Å². The van der Waals surface area contributed by atoms with Gasteiger partial charge in [0.05, 0.1) is 16.6 Å². The Bertz CT molecular complexity index is 649. The minimum Gasteiger partial charge on any atom is -0.271 e. The number of hydrogen-bond donors (Lipinski definition) is 2. The van der Waals surface area contributed by atoms with Gasteiger partial charge in [-0.15, -0.1) is 0 Å². The van der Waals surface area contributed by atoms with Gasteiger partial charge in [-0.3, -0.25) is 10.8 Å². The molecule has 0 saturated carbocycles. The fourth-order valence-corrected chi connectivity index (χ4v) is 2.60. The molecule has 0 aliphatic heterocycles. The van der Waals surface area contributed by atoms with Gasteiger partial charge in [0.25, 0.3) is 0 Å². The van der Waals surface area contributed by atoms with Crippen molar-refractivity contribution < 1.29 is 13.2 Å². The van der Waals surface area contributed by atoms with Crippen LogP contribution in [0.3, 0.4) is 0 Å². The Kier molecular flexibility index (Phi) is 4.88. The first kappa shape index (κ1) is 16.2. The fraction of sp³-hybridized carbons (Fsp3) is 0.154. The van der Waals surface area contributed by atoms with E-state index in [1.165, 1.54) is 0 Å². The third-order valence-electron chi connectivity index (χ3n) is 2.93. The first-order valence-corrected chi connectivity index (χ1v) is 6.94. The molecule has 1 aromatic carbocycles. The Hall–Kier alpha value is -1.15. The first-order valence-electron chi connectivity index (χ1n) is 5.77. The van der Waals surface area contributed by atoms with Crippen LogP contribution in [0, 0.1) is 0 Å². The number of alkyl halides is 3. The van der Waals surface area contributed by atoms with Gasteiger partial charge < -0.3 is 0 Å². The van der Waals surface area contributed by atoms with Crippen LogP contribution in [0.1, 0.15) is 22.7 Å². The highest BCUT2D eigenvalue weighted by atomic mass is 79.9. The summed E-state index contributed by atoms with van der Waals surface area (Å²) in [5.74, 6) is 5.45. The number of aromatic nitrogens is 1. The zero-order valence-electron chi connectivity index (χ0n) is 10.5. The molecule has 3 nitrogen and oxygen atoms in total. The zero-order valence-corrected chi connectivity index (χ0v) is 12.8. The van der Waals surface area contributed by atoms with Gasteiger partial charge in [0.1, 0.15) is 0 Å². The second-order valence-electron chi connectivity index (χ2n) is 4.20. The van der Waals surface area contributed by atoms with E-state index in [1.54, 1.807) is 18.2 Å². The van der Waals surface area contributed by atoms with Gasteiger partial charge in [0, 0.05) is 22.4 Å². The van der Waals surface area contributed by atoms with Gasteiger partial charge in [-0.05, 0) is 33.6 Å². The lowest BCUT2D eigenvalue weighted by Gasteiger charge is -2.22. The molecule has 0 saturated heterocycles. The van der Waals surface area contributed by atoms with Gasteiger partial charge in [0.2, 0.25) is 0 Å². The predicted octanol–water partition coefficient (Wildman–Crippen LogP) is 4.07. The van der Waals surface area contributed by atoms with Crippen molar-refractivity contribution in [3.63, 3.8) is 0 Å². The van der Waals surface area contributed by atoms with Crippen molar-refractivity contribution in [2.24, 2.45) is 5.84 Å². The lowest BCUT2D eigenvalue weighted by atomic mass is 9.96. The number of nitrogens with zero attached hydrogens (tertiary/aromatic N) is 1. The highest BCUT2D eigenvalue weighted by Crippen LogP contribution is 2.38. The molecular weight excluding hydrogens is 371 g/mol. The number of rotatable bonds is 3. The molecule has 2 aromatic rings. The molecule has 1 unspecified atom stereocenters. The summed E-state index contributed by atoms with van der Waals surface area (Å²) in [5.41, 5.74) is 1.89. The summed E-state index contributed by atoms with van der Waals surface area (Å²) < 4.78 is 39.9. The summed E-state index contributed by atoms with van der Waals surface area (Å²) in [7, 11) is 0. The van der Waals surface area contributed by atoms with E-state index in [0.717, 1.165) is 18.5 Å². The van der Waals surface area contributed by atoms with E-state index in [-0.39, 0.29) is 10.6 Å². The van der Waals surface area contributed by atoms with Gasteiger partial charge in [-0.25, -0.2) is 5.43 Å². The number of pyridine rings is 1. The van der Waals surface area contributed by atoms with Crippen LogP contribution in [0.4, 0.5) is 13.2 Å². The van der Waals surface area contributed by atoms with E-state index in [2.05, 4.69) is 26.3 Å². The second kappa shape index (κ2) is 6.31.